The molecule has 2 fully saturated rings. The number of hydrogen-bond acceptors (Lipinski definition) is 6. The summed E-state index contributed by atoms with van der Waals surface area (Å²) in [5.41, 5.74) is 2.70. The van der Waals surface area contributed by atoms with Crippen LogP contribution in [0.4, 0.5) is 11.4 Å². The quantitative estimate of drug-likeness (QED) is 0.492. The van der Waals surface area contributed by atoms with Crippen molar-refractivity contribution in [2.45, 2.75) is 56.4 Å². The molecular weight excluding hydrogens is 472 g/mol. The normalized spacial score (nSPS) is 19.8. The minimum absolute atomic E-state index is 0.00993. The highest BCUT2D eigenvalue weighted by Crippen LogP contribution is 2.45. The van der Waals surface area contributed by atoms with Gasteiger partial charge >= 0.3 is 0 Å². The minimum atomic E-state index is -0.694. The van der Waals surface area contributed by atoms with Gasteiger partial charge in [0.15, 0.2) is 5.69 Å². The van der Waals surface area contributed by atoms with E-state index in [0.29, 0.717) is 31.7 Å². The molecule has 1 saturated carbocycles. The van der Waals surface area contributed by atoms with Crippen LogP contribution in [0.5, 0.6) is 0 Å². The van der Waals surface area contributed by atoms with Crippen molar-refractivity contribution >= 4 is 34.6 Å². The van der Waals surface area contributed by atoms with Crippen LogP contribution in [-0.4, -0.2) is 51.6 Å². The largest absolute Gasteiger partial charge is 0.381 e. The van der Waals surface area contributed by atoms with Gasteiger partial charge in [-0.2, -0.15) is 5.10 Å². The standard InChI is InChI=1S/C27H30N6O4/c34-24(22-15-19-8-11-28-16-33(19)32-22)31-23(17-4-2-1-3-5-17)25(35)29-18-6-7-20-21(14-18)30-26(36)27(20)9-12-37-13-10-27/h6-8,11,14-17,23H,1-5,9-10,12-13H2,(H,29,35)(H,30,36)(H,31,34)/t23-/m0/s1. The van der Waals surface area contributed by atoms with Crippen LogP contribution >= 0.6 is 0 Å². The Morgan fingerprint density at radius 3 is 2.70 bits per heavy atom. The summed E-state index contributed by atoms with van der Waals surface area (Å²) in [6, 6.07) is 8.33. The van der Waals surface area contributed by atoms with Gasteiger partial charge in [0.25, 0.3) is 5.91 Å². The maximum atomic E-state index is 13.5. The summed E-state index contributed by atoms with van der Waals surface area (Å²) in [5, 5.41) is 13.3. The summed E-state index contributed by atoms with van der Waals surface area (Å²) >= 11 is 0. The van der Waals surface area contributed by atoms with E-state index < -0.39 is 17.4 Å². The monoisotopic (exact) mass is 502 g/mol. The van der Waals surface area contributed by atoms with Gasteiger partial charge in [0.2, 0.25) is 11.8 Å². The average molecular weight is 503 g/mol. The molecule has 10 heteroatoms. The molecule has 6 rings (SSSR count). The lowest BCUT2D eigenvalue weighted by Gasteiger charge is -2.31. The molecule has 0 unspecified atom stereocenters. The summed E-state index contributed by atoms with van der Waals surface area (Å²) in [4.78, 5) is 43.6. The number of benzene rings is 1. The molecule has 3 aromatic rings. The molecule has 0 bridgehead atoms. The lowest BCUT2D eigenvalue weighted by molar-refractivity contribution is -0.124. The second-order valence-electron chi connectivity index (χ2n) is 10.2. The molecule has 1 spiro atoms. The van der Waals surface area contributed by atoms with E-state index in [1.807, 2.05) is 18.2 Å². The van der Waals surface area contributed by atoms with Crippen molar-refractivity contribution in [3.8, 4) is 0 Å². The van der Waals surface area contributed by atoms with Crippen molar-refractivity contribution < 1.29 is 19.1 Å². The molecule has 3 aliphatic rings. The van der Waals surface area contributed by atoms with Crippen LogP contribution in [0.15, 0.2) is 42.9 Å². The Kier molecular flexibility index (Phi) is 6.11. The van der Waals surface area contributed by atoms with Crippen LogP contribution < -0.4 is 16.0 Å². The van der Waals surface area contributed by atoms with Crippen LogP contribution in [0.25, 0.3) is 5.52 Å². The lowest BCUT2D eigenvalue weighted by atomic mass is 9.75. The maximum Gasteiger partial charge on any atom is 0.272 e. The maximum absolute atomic E-state index is 13.5. The molecular formula is C27H30N6O4. The van der Waals surface area contributed by atoms with Gasteiger partial charge in [-0.3, -0.25) is 14.4 Å². The number of anilines is 2. The van der Waals surface area contributed by atoms with Gasteiger partial charge in [0.1, 0.15) is 12.4 Å². The fourth-order valence-corrected chi connectivity index (χ4v) is 5.98. The van der Waals surface area contributed by atoms with Gasteiger partial charge < -0.3 is 20.7 Å². The molecule has 37 heavy (non-hydrogen) atoms. The number of hydrogen-bond donors (Lipinski definition) is 3. The van der Waals surface area contributed by atoms with Crippen molar-refractivity contribution in [2.24, 2.45) is 5.92 Å². The Labute approximate surface area is 214 Å². The molecule has 3 amide bonds. The molecule has 10 nitrogen and oxygen atoms in total. The average Bonchev–Trinajstić information content (AvgIpc) is 3.47. The van der Waals surface area contributed by atoms with Crippen LogP contribution in [0, 0.1) is 5.92 Å². The van der Waals surface area contributed by atoms with E-state index in [4.69, 9.17) is 4.74 Å². The SMILES string of the molecule is O=C(N[C@H](C(=O)Nc1ccc2c(c1)NC(=O)C21CCOCC1)C1CCCCC1)c1cc2ccncn2n1. The Morgan fingerprint density at radius 1 is 1.11 bits per heavy atom. The molecule has 1 aromatic carbocycles. The second-order valence-corrected chi connectivity index (χ2v) is 10.2. The van der Waals surface area contributed by atoms with Gasteiger partial charge in [-0.25, -0.2) is 9.50 Å². The van der Waals surface area contributed by atoms with E-state index in [1.54, 1.807) is 18.3 Å². The first-order valence-corrected chi connectivity index (χ1v) is 13.0. The number of amides is 3. The molecule has 192 valence electrons. The zero-order valence-corrected chi connectivity index (χ0v) is 20.5. The summed E-state index contributed by atoms with van der Waals surface area (Å²) in [5.74, 6) is -0.631. The van der Waals surface area contributed by atoms with E-state index >= 15 is 0 Å². The van der Waals surface area contributed by atoms with Crippen molar-refractivity contribution in [2.75, 3.05) is 23.8 Å². The number of rotatable bonds is 5. The highest BCUT2D eigenvalue weighted by atomic mass is 16.5. The first-order chi connectivity index (χ1) is 18.0. The third-order valence-corrected chi connectivity index (χ3v) is 8.03. The van der Waals surface area contributed by atoms with E-state index in [-0.39, 0.29) is 23.4 Å². The number of fused-ring (bicyclic) bond motifs is 3. The smallest absolute Gasteiger partial charge is 0.272 e. The highest BCUT2D eigenvalue weighted by molar-refractivity contribution is 6.07. The number of carbonyl (C=O) groups is 3. The zero-order valence-electron chi connectivity index (χ0n) is 20.5. The molecule has 2 aliphatic heterocycles. The van der Waals surface area contributed by atoms with E-state index in [0.717, 1.165) is 48.9 Å². The van der Waals surface area contributed by atoms with Crippen LogP contribution in [0.1, 0.15) is 61.0 Å². The van der Waals surface area contributed by atoms with Crippen LogP contribution in [0.3, 0.4) is 0 Å². The number of nitrogens with one attached hydrogen (secondary N) is 3. The third-order valence-electron chi connectivity index (χ3n) is 8.03. The number of aromatic nitrogens is 3. The molecule has 1 atom stereocenters. The number of nitrogens with zero attached hydrogens (tertiary/aromatic N) is 3. The highest BCUT2D eigenvalue weighted by Gasteiger charge is 2.47. The van der Waals surface area contributed by atoms with Gasteiger partial charge in [-0.05, 0) is 61.4 Å². The summed E-state index contributed by atoms with van der Waals surface area (Å²) in [7, 11) is 0. The Morgan fingerprint density at radius 2 is 1.92 bits per heavy atom. The molecule has 3 N–H and O–H groups in total. The minimum Gasteiger partial charge on any atom is -0.381 e. The first kappa shape index (κ1) is 23.6. The molecule has 0 radical (unpaired) electrons. The van der Waals surface area contributed by atoms with Crippen LogP contribution in [0.2, 0.25) is 0 Å². The fraction of sp³-hybridized carbons (Fsp3) is 0.444. The van der Waals surface area contributed by atoms with Gasteiger partial charge in [0, 0.05) is 30.8 Å². The Balaban J connectivity index is 1.22. The summed E-state index contributed by atoms with van der Waals surface area (Å²) in [6.45, 7) is 1.11. The topological polar surface area (TPSA) is 127 Å². The molecule has 4 heterocycles. The van der Waals surface area contributed by atoms with Crippen LogP contribution in [-0.2, 0) is 19.7 Å². The first-order valence-electron chi connectivity index (χ1n) is 13.0. The number of carbonyl (C=O) groups excluding carboxylic acids is 3. The zero-order chi connectivity index (χ0) is 25.4. The number of ether oxygens (including phenoxy) is 1. The van der Waals surface area contributed by atoms with Crippen molar-refractivity contribution in [3.63, 3.8) is 0 Å². The van der Waals surface area contributed by atoms with Crippen molar-refractivity contribution in [1.29, 1.82) is 0 Å². The molecule has 1 saturated heterocycles. The lowest BCUT2D eigenvalue weighted by Crippen LogP contribution is -2.49. The fourth-order valence-electron chi connectivity index (χ4n) is 5.98. The molecule has 2 aromatic heterocycles. The Bertz CT molecular complexity index is 1320. The predicted molar refractivity (Wildman–Crippen MR) is 136 cm³/mol. The Hall–Kier alpha value is -3.79. The second kappa shape index (κ2) is 9.59. The predicted octanol–water partition coefficient (Wildman–Crippen LogP) is 3.05. The van der Waals surface area contributed by atoms with E-state index in [1.165, 1.54) is 10.8 Å². The van der Waals surface area contributed by atoms with Gasteiger partial charge in [0.05, 0.1) is 10.9 Å². The van der Waals surface area contributed by atoms with Gasteiger partial charge in [-0.15, -0.1) is 0 Å². The van der Waals surface area contributed by atoms with E-state index in [9.17, 15) is 14.4 Å². The van der Waals surface area contributed by atoms with Gasteiger partial charge in [-0.1, -0.05) is 25.3 Å². The van der Waals surface area contributed by atoms with Crippen molar-refractivity contribution in [1.82, 2.24) is 19.9 Å². The van der Waals surface area contributed by atoms with E-state index in [2.05, 4.69) is 26.0 Å². The summed E-state index contributed by atoms with van der Waals surface area (Å²) in [6.07, 6.45) is 9.40. The van der Waals surface area contributed by atoms with Crippen molar-refractivity contribution in [3.05, 3.63) is 54.1 Å². The third kappa shape index (κ3) is 4.35. The summed E-state index contributed by atoms with van der Waals surface area (Å²) < 4.78 is 7.02. The molecule has 1 aliphatic carbocycles.